The van der Waals surface area contributed by atoms with E-state index in [1.807, 2.05) is 11.8 Å². The molecule has 0 aromatic heterocycles. The maximum atomic E-state index is 12.2. The van der Waals surface area contributed by atoms with Gasteiger partial charge < -0.3 is 10.6 Å². The minimum Gasteiger partial charge on any atom is -0.355 e. The molecule has 0 bridgehead atoms. The third-order valence-corrected chi connectivity index (χ3v) is 6.43. The lowest BCUT2D eigenvalue weighted by molar-refractivity contribution is -0.121. The van der Waals surface area contributed by atoms with E-state index in [1.165, 1.54) is 24.8 Å². The van der Waals surface area contributed by atoms with Crippen LogP contribution in [0.5, 0.6) is 0 Å². The number of rotatable bonds is 5. The fraction of sp³-hybridized carbons (Fsp3) is 0.588. The Morgan fingerprint density at radius 1 is 1.43 bits per heavy atom. The van der Waals surface area contributed by atoms with Crippen molar-refractivity contribution in [2.24, 2.45) is 0 Å². The summed E-state index contributed by atoms with van der Waals surface area (Å²) < 4.78 is 1.12. The minimum atomic E-state index is 0. The minimum absolute atomic E-state index is 0. The van der Waals surface area contributed by atoms with Crippen molar-refractivity contribution in [3.05, 3.63) is 34.3 Å². The zero-order valence-corrected chi connectivity index (χ0v) is 16.4. The molecule has 2 fully saturated rings. The number of nitrogens with one attached hydrogen (secondary N) is 2. The highest BCUT2D eigenvalue weighted by Crippen LogP contribution is 2.43. The molecule has 1 heterocycles. The average Bonchev–Trinajstić information content (AvgIpc) is 2.47. The number of hydrogen-bond acceptors (Lipinski definition) is 3. The normalized spacial score (nSPS) is 22.6. The predicted molar refractivity (Wildman–Crippen MR) is 104 cm³/mol. The van der Waals surface area contributed by atoms with E-state index in [4.69, 9.17) is 0 Å². The Bertz CT molecular complexity index is 533. The van der Waals surface area contributed by atoms with Crippen molar-refractivity contribution in [3.63, 3.8) is 0 Å². The number of halogens is 2. The Hall–Kier alpha value is -0.230. The van der Waals surface area contributed by atoms with Gasteiger partial charge in [0.15, 0.2) is 0 Å². The van der Waals surface area contributed by atoms with Gasteiger partial charge in [0, 0.05) is 46.9 Å². The van der Waals surface area contributed by atoms with Gasteiger partial charge in [-0.3, -0.25) is 4.79 Å². The van der Waals surface area contributed by atoms with Gasteiger partial charge in [0.1, 0.15) is 0 Å². The van der Waals surface area contributed by atoms with Crippen LogP contribution in [0.2, 0.25) is 0 Å². The largest absolute Gasteiger partial charge is 0.355 e. The Morgan fingerprint density at radius 3 is 2.87 bits per heavy atom. The predicted octanol–water partition coefficient (Wildman–Crippen LogP) is 3.50. The summed E-state index contributed by atoms with van der Waals surface area (Å²) in [7, 11) is 0. The smallest absolute Gasteiger partial charge is 0.221 e. The van der Waals surface area contributed by atoms with Crippen LogP contribution >= 0.6 is 40.1 Å². The van der Waals surface area contributed by atoms with E-state index in [0.29, 0.717) is 12.5 Å². The van der Waals surface area contributed by atoms with Crippen molar-refractivity contribution in [1.29, 1.82) is 0 Å². The molecule has 1 aromatic rings. The van der Waals surface area contributed by atoms with E-state index in [9.17, 15) is 4.79 Å². The van der Waals surface area contributed by atoms with Crippen molar-refractivity contribution in [1.82, 2.24) is 10.6 Å². The van der Waals surface area contributed by atoms with Crippen LogP contribution in [0, 0.1) is 0 Å². The van der Waals surface area contributed by atoms with Crippen LogP contribution in [0.1, 0.15) is 31.2 Å². The van der Waals surface area contributed by atoms with Gasteiger partial charge >= 0.3 is 0 Å². The number of thioether (sulfide) groups is 1. The molecule has 2 N–H and O–H groups in total. The van der Waals surface area contributed by atoms with E-state index in [0.717, 1.165) is 29.1 Å². The maximum Gasteiger partial charge on any atom is 0.221 e. The fourth-order valence-electron chi connectivity index (χ4n) is 3.30. The van der Waals surface area contributed by atoms with Crippen LogP contribution in [-0.4, -0.2) is 36.5 Å². The highest BCUT2D eigenvalue weighted by molar-refractivity contribution is 9.10. The van der Waals surface area contributed by atoms with Crippen molar-refractivity contribution < 1.29 is 4.79 Å². The van der Waals surface area contributed by atoms with Gasteiger partial charge in [0.05, 0.1) is 0 Å². The van der Waals surface area contributed by atoms with E-state index >= 15 is 0 Å². The van der Waals surface area contributed by atoms with Gasteiger partial charge in [0.2, 0.25) is 5.91 Å². The molecule has 1 aliphatic heterocycles. The SMILES string of the molecule is Cl.O=C(CC1CSCCN1)NCC1(c2cccc(Br)c2)CCC1. The molecule has 23 heavy (non-hydrogen) atoms. The molecule has 1 saturated carbocycles. The number of carbonyl (C=O) groups excluding carboxylic acids is 1. The first kappa shape index (κ1) is 19.1. The highest BCUT2D eigenvalue weighted by Gasteiger charge is 2.39. The zero-order chi connectivity index (χ0) is 15.4. The van der Waals surface area contributed by atoms with E-state index in [-0.39, 0.29) is 23.7 Å². The van der Waals surface area contributed by atoms with E-state index in [1.54, 1.807) is 0 Å². The summed E-state index contributed by atoms with van der Waals surface area (Å²) in [6, 6.07) is 8.87. The lowest BCUT2D eigenvalue weighted by Gasteiger charge is -2.42. The van der Waals surface area contributed by atoms with Gasteiger partial charge in [0.25, 0.3) is 0 Å². The van der Waals surface area contributed by atoms with Gasteiger partial charge in [-0.1, -0.05) is 34.5 Å². The summed E-state index contributed by atoms with van der Waals surface area (Å²) >= 11 is 5.49. The molecule has 3 rings (SSSR count). The Kier molecular flexibility index (Phi) is 7.26. The molecule has 1 aliphatic carbocycles. The molecule has 1 amide bonds. The van der Waals surface area contributed by atoms with Crippen molar-refractivity contribution >= 4 is 46.0 Å². The topological polar surface area (TPSA) is 41.1 Å². The summed E-state index contributed by atoms with van der Waals surface area (Å²) in [5.74, 6) is 2.38. The maximum absolute atomic E-state index is 12.2. The average molecular weight is 420 g/mol. The molecular weight excluding hydrogens is 396 g/mol. The Balaban J connectivity index is 0.00000192. The van der Waals surface area contributed by atoms with Gasteiger partial charge in [-0.15, -0.1) is 12.4 Å². The molecule has 1 atom stereocenters. The standard InChI is InChI=1S/C17H23BrN2OS.ClH/c18-14-4-1-3-13(9-14)17(5-2-6-17)12-20-16(21)10-15-11-22-8-7-19-15;/h1,3-4,9,15,19H,2,5-8,10-12H2,(H,20,21);1H. The Morgan fingerprint density at radius 2 is 2.26 bits per heavy atom. The Labute approximate surface area is 157 Å². The first-order chi connectivity index (χ1) is 10.7. The van der Waals surface area contributed by atoms with Crippen molar-refractivity contribution in [2.75, 3.05) is 24.6 Å². The first-order valence-electron chi connectivity index (χ1n) is 8.02. The zero-order valence-electron chi connectivity index (χ0n) is 13.1. The monoisotopic (exact) mass is 418 g/mol. The molecule has 1 unspecified atom stereocenters. The third-order valence-electron chi connectivity index (χ3n) is 4.80. The van der Waals surface area contributed by atoms with Crippen LogP contribution in [0.3, 0.4) is 0 Å². The van der Waals surface area contributed by atoms with Crippen LogP contribution in [0.4, 0.5) is 0 Å². The second-order valence-electron chi connectivity index (χ2n) is 6.35. The molecule has 1 aromatic carbocycles. The van der Waals surface area contributed by atoms with Gasteiger partial charge in [-0.2, -0.15) is 11.8 Å². The second kappa shape index (κ2) is 8.75. The fourth-order valence-corrected chi connectivity index (χ4v) is 4.65. The number of hydrogen-bond donors (Lipinski definition) is 2. The number of amides is 1. The highest BCUT2D eigenvalue weighted by atomic mass is 79.9. The lowest BCUT2D eigenvalue weighted by Crippen LogP contribution is -2.47. The third kappa shape index (κ3) is 4.88. The van der Waals surface area contributed by atoms with Gasteiger partial charge in [-0.25, -0.2) is 0 Å². The van der Waals surface area contributed by atoms with Crippen LogP contribution in [0.25, 0.3) is 0 Å². The molecule has 0 radical (unpaired) electrons. The van der Waals surface area contributed by atoms with Crippen LogP contribution in [-0.2, 0) is 10.2 Å². The van der Waals surface area contributed by atoms with E-state index in [2.05, 4.69) is 50.8 Å². The summed E-state index contributed by atoms with van der Waals surface area (Å²) in [5, 5.41) is 6.61. The molecule has 6 heteroatoms. The van der Waals surface area contributed by atoms with Crippen molar-refractivity contribution in [2.45, 2.75) is 37.1 Å². The first-order valence-corrected chi connectivity index (χ1v) is 9.97. The van der Waals surface area contributed by atoms with Crippen molar-refractivity contribution in [3.8, 4) is 0 Å². The van der Waals surface area contributed by atoms with Crippen LogP contribution in [0.15, 0.2) is 28.7 Å². The molecular formula is C17H24BrClN2OS. The summed E-state index contributed by atoms with van der Waals surface area (Å²) in [4.78, 5) is 12.2. The van der Waals surface area contributed by atoms with Gasteiger partial charge in [-0.05, 0) is 30.5 Å². The number of carbonyl (C=O) groups is 1. The van der Waals surface area contributed by atoms with Crippen LogP contribution < -0.4 is 10.6 Å². The summed E-state index contributed by atoms with van der Waals surface area (Å²) in [6.07, 6.45) is 4.19. The molecule has 128 valence electrons. The molecule has 2 aliphatic rings. The summed E-state index contributed by atoms with van der Waals surface area (Å²) in [6.45, 7) is 1.78. The lowest BCUT2D eigenvalue weighted by atomic mass is 9.64. The quantitative estimate of drug-likeness (QED) is 0.767. The molecule has 0 spiro atoms. The summed E-state index contributed by atoms with van der Waals surface area (Å²) in [5.41, 5.74) is 1.49. The number of benzene rings is 1. The molecule has 3 nitrogen and oxygen atoms in total. The molecule has 1 saturated heterocycles. The van der Waals surface area contributed by atoms with E-state index < -0.39 is 0 Å². The second-order valence-corrected chi connectivity index (χ2v) is 8.42.